The number of anilines is 3. The van der Waals surface area contributed by atoms with Gasteiger partial charge in [0.15, 0.2) is 11.6 Å². The molecular formula is C16H15F3N6O2. The Morgan fingerprint density at radius 2 is 1.74 bits per heavy atom. The molecule has 142 valence electrons. The second kappa shape index (κ2) is 6.89. The summed E-state index contributed by atoms with van der Waals surface area (Å²) in [4.78, 5) is 8.67. The Kier molecular flexibility index (Phi) is 4.42. The van der Waals surface area contributed by atoms with Crippen molar-refractivity contribution in [2.75, 3.05) is 10.6 Å². The predicted octanol–water partition coefficient (Wildman–Crippen LogP) is 4.01. The van der Waals surface area contributed by atoms with Crippen molar-refractivity contribution in [1.82, 2.24) is 20.3 Å². The van der Waals surface area contributed by atoms with E-state index in [0.717, 1.165) is 25.7 Å². The maximum Gasteiger partial charge on any atom is 0.573 e. The van der Waals surface area contributed by atoms with Crippen LogP contribution in [0.15, 0.2) is 28.9 Å². The van der Waals surface area contributed by atoms with E-state index >= 15 is 0 Å². The lowest BCUT2D eigenvalue weighted by atomic mass is 10.2. The number of benzene rings is 1. The Morgan fingerprint density at radius 3 is 2.44 bits per heavy atom. The Balaban J connectivity index is 1.63. The van der Waals surface area contributed by atoms with Gasteiger partial charge in [-0.3, -0.25) is 0 Å². The Bertz CT molecular complexity index is 939. The lowest BCUT2D eigenvalue weighted by Gasteiger charge is -2.16. The molecule has 1 aliphatic rings. The van der Waals surface area contributed by atoms with Crippen LogP contribution < -0.4 is 15.4 Å². The van der Waals surface area contributed by atoms with Crippen LogP contribution in [-0.2, 0) is 0 Å². The van der Waals surface area contributed by atoms with Crippen LogP contribution in [-0.4, -0.2) is 32.7 Å². The molecule has 0 aliphatic heterocycles. The number of aromatic nitrogens is 4. The number of hydrogen-bond acceptors (Lipinski definition) is 8. The fraction of sp³-hybridized carbons (Fsp3) is 0.375. The van der Waals surface area contributed by atoms with E-state index < -0.39 is 6.36 Å². The van der Waals surface area contributed by atoms with Crippen molar-refractivity contribution in [1.29, 1.82) is 0 Å². The smallest absolute Gasteiger partial charge is 0.406 e. The molecule has 2 N–H and O–H groups in total. The highest BCUT2D eigenvalue weighted by atomic mass is 19.4. The number of alkyl halides is 3. The molecule has 2 heterocycles. The minimum atomic E-state index is -4.76. The largest absolute Gasteiger partial charge is 0.573 e. The zero-order valence-corrected chi connectivity index (χ0v) is 14.0. The Hall–Kier alpha value is -3.11. The van der Waals surface area contributed by atoms with Crippen LogP contribution in [0.5, 0.6) is 5.75 Å². The van der Waals surface area contributed by atoms with Crippen LogP contribution in [0.3, 0.4) is 0 Å². The molecule has 27 heavy (non-hydrogen) atoms. The Morgan fingerprint density at radius 1 is 1.04 bits per heavy atom. The van der Waals surface area contributed by atoms with Gasteiger partial charge in [0.25, 0.3) is 0 Å². The van der Waals surface area contributed by atoms with Crippen LogP contribution in [0.2, 0.25) is 0 Å². The molecule has 1 saturated carbocycles. The SMILES string of the molecule is FC(F)(F)Oc1cccc(Nc2nc3nonc3nc2NC2CCCC2)c1. The molecule has 0 radical (unpaired) electrons. The van der Waals surface area contributed by atoms with Gasteiger partial charge >= 0.3 is 6.36 Å². The van der Waals surface area contributed by atoms with Gasteiger partial charge in [-0.05, 0) is 35.3 Å². The normalized spacial score (nSPS) is 15.2. The van der Waals surface area contributed by atoms with Crippen molar-refractivity contribution in [2.24, 2.45) is 0 Å². The average molecular weight is 380 g/mol. The van der Waals surface area contributed by atoms with Gasteiger partial charge in [-0.15, -0.1) is 13.2 Å². The zero-order valence-electron chi connectivity index (χ0n) is 14.0. The van der Waals surface area contributed by atoms with Crippen molar-refractivity contribution in [3.63, 3.8) is 0 Å². The van der Waals surface area contributed by atoms with E-state index in [9.17, 15) is 13.2 Å². The molecule has 0 amide bonds. The maximum absolute atomic E-state index is 12.4. The maximum atomic E-state index is 12.4. The van der Waals surface area contributed by atoms with E-state index in [1.807, 2.05) is 0 Å². The van der Waals surface area contributed by atoms with Gasteiger partial charge in [0.2, 0.25) is 11.3 Å². The lowest BCUT2D eigenvalue weighted by molar-refractivity contribution is -0.274. The van der Waals surface area contributed by atoms with Crippen LogP contribution in [0.1, 0.15) is 25.7 Å². The van der Waals surface area contributed by atoms with E-state index in [2.05, 4.69) is 40.3 Å². The highest BCUT2D eigenvalue weighted by molar-refractivity contribution is 5.76. The number of halogens is 3. The summed E-state index contributed by atoms with van der Waals surface area (Å²) in [6, 6.07) is 5.72. The highest BCUT2D eigenvalue weighted by Gasteiger charge is 2.31. The van der Waals surface area contributed by atoms with E-state index in [1.165, 1.54) is 18.2 Å². The molecule has 3 aromatic rings. The van der Waals surface area contributed by atoms with E-state index in [1.54, 1.807) is 6.07 Å². The van der Waals surface area contributed by atoms with Crippen molar-refractivity contribution < 1.29 is 22.5 Å². The zero-order chi connectivity index (χ0) is 18.9. The molecule has 0 unspecified atom stereocenters. The number of ether oxygens (including phenoxy) is 1. The summed E-state index contributed by atoms with van der Waals surface area (Å²) in [5, 5.41) is 13.6. The number of hydrogen-bond donors (Lipinski definition) is 2. The van der Waals surface area contributed by atoms with Gasteiger partial charge in [-0.1, -0.05) is 18.9 Å². The predicted molar refractivity (Wildman–Crippen MR) is 89.7 cm³/mol. The van der Waals surface area contributed by atoms with Gasteiger partial charge in [-0.25, -0.2) is 14.6 Å². The number of nitrogens with one attached hydrogen (secondary N) is 2. The van der Waals surface area contributed by atoms with E-state index in [4.69, 9.17) is 0 Å². The van der Waals surface area contributed by atoms with E-state index in [-0.39, 0.29) is 23.1 Å². The van der Waals surface area contributed by atoms with Gasteiger partial charge in [0, 0.05) is 17.8 Å². The molecule has 4 rings (SSSR count). The molecule has 11 heteroatoms. The summed E-state index contributed by atoms with van der Waals surface area (Å²) in [5.74, 6) is 0.413. The van der Waals surface area contributed by atoms with Crippen LogP contribution in [0.25, 0.3) is 11.3 Å². The molecule has 0 saturated heterocycles. The minimum Gasteiger partial charge on any atom is -0.406 e. The molecule has 0 spiro atoms. The van der Waals surface area contributed by atoms with Gasteiger partial charge < -0.3 is 15.4 Å². The van der Waals surface area contributed by atoms with E-state index in [0.29, 0.717) is 17.3 Å². The van der Waals surface area contributed by atoms with Crippen LogP contribution >= 0.6 is 0 Å². The Labute approximate surface area is 151 Å². The monoisotopic (exact) mass is 380 g/mol. The number of nitrogens with zero attached hydrogens (tertiary/aromatic N) is 4. The molecule has 1 aliphatic carbocycles. The first-order valence-corrected chi connectivity index (χ1v) is 8.36. The lowest BCUT2D eigenvalue weighted by Crippen LogP contribution is -2.18. The third-order valence-electron chi connectivity index (χ3n) is 4.14. The van der Waals surface area contributed by atoms with Crippen molar-refractivity contribution >= 4 is 28.6 Å². The quantitative estimate of drug-likeness (QED) is 0.685. The summed E-state index contributed by atoms with van der Waals surface area (Å²) in [5.41, 5.74) is 0.795. The van der Waals surface area contributed by atoms with Gasteiger partial charge in [0.1, 0.15) is 5.75 Å². The number of rotatable bonds is 5. The van der Waals surface area contributed by atoms with Crippen LogP contribution in [0, 0.1) is 0 Å². The van der Waals surface area contributed by atoms with Gasteiger partial charge in [0.05, 0.1) is 0 Å². The third-order valence-corrected chi connectivity index (χ3v) is 4.14. The summed E-state index contributed by atoms with van der Waals surface area (Å²) in [7, 11) is 0. The fourth-order valence-electron chi connectivity index (χ4n) is 3.00. The summed E-state index contributed by atoms with van der Waals surface area (Å²) >= 11 is 0. The highest BCUT2D eigenvalue weighted by Crippen LogP contribution is 2.30. The molecule has 1 aromatic carbocycles. The van der Waals surface area contributed by atoms with Crippen molar-refractivity contribution in [2.45, 2.75) is 38.1 Å². The molecule has 1 fully saturated rings. The third kappa shape index (κ3) is 4.18. The topological polar surface area (TPSA) is 98.0 Å². The fourth-order valence-corrected chi connectivity index (χ4v) is 3.00. The first kappa shape index (κ1) is 17.3. The summed E-state index contributed by atoms with van der Waals surface area (Å²) in [6.07, 6.45) is -0.508. The molecule has 2 aromatic heterocycles. The molecule has 8 nitrogen and oxygen atoms in total. The number of fused-ring (bicyclic) bond motifs is 1. The average Bonchev–Trinajstić information content (AvgIpc) is 3.25. The van der Waals surface area contributed by atoms with Gasteiger partial charge in [-0.2, -0.15) is 0 Å². The first-order chi connectivity index (χ1) is 13.0. The van der Waals surface area contributed by atoms with Crippen molar-refractivity contribution in [3.8, 4) is 5.75 Å². The molecular weight excluding hydrogens is 365 g/mol. The van der Waals surface area contributed by atoms with Crippen molar-refractivity contribution in [3.05, 3.63) is 24.3 Å². The standard InChI is InChI=1S/C16H15F3N6O2/c17-16(18,19)26-11-7-3-6-10(8-11)21-13-12(20-9-4-1-2-5-9)22-14-15(23-13)25-27-24-14/h3,6-9H,1-2,4-5H2,(H,20,22,24)(H,21,23,25). The molecule has 0 atom stereocenters. The molecule has 0 bridgehead atoms. The second-order valence-electron chi connectivity index (χ2n) is 6.16. The first-order valence-electron chi connectivity index (χ1n) is 8.36. The summed E-state index contributed by atoms with van der Waals surface area (Å²) < 4.78 is 45.9. The summed E-state index contributed by atoms with van der Waals surface area (Å²) in [6.45, 7) is 0. The van der Waals surface area contributed by atoms with Crippen LogP contribution in [0.4, 0.5) is 30.5 Å². The minimum absolute atomic E-state index is 0.192. The second-order valence-corrected chi connectivity index (χ2v) is 6.16.